The number of methoxy groups -OCH3 is 1. The minimum atomic E-state index is -0.436. The first-order chi connectivity index (χ1) is 21.8. The van der Waals surface area contributed by atoms with Crippen molar-refractivity contribution in [2.45, 2.75) is 65.0 Å². The van der Waals surface area contributed by atoms with Crippen LogP contribution in [-0.4, -0.2) is 69.9 Å². The number of amides is 2. The number of likely N-dealkylation sites (tertiary alicyclic amines) is 1. The number of carbonyl (C=O) groups is 2. The number of unbranched alkanes of at least 4 members (excludes halogenated alkanes) is 1. The Morgan fingerprint density at radius 2 is 1.80 bits per heavy atom. The van der Waals surface area contributed by atoms with E-state index in [1.54, 1.807) is 34.9 Å². The van der Waals surface area contributed by atoms with Gasteiger partial charge < -0.3 is 9.64 Å². The Kier molecular flexibility index (Phi) is 10.3. The lowest BCUT2D eigenvalue weighted by molar-refractivity contribution is -0.127. The molecule has 0 unspecified atom stereocenters. The molecule has 0 spiro atoms. The third kappa shape index (κ3) is 7.11. The van der Waals surface area contributed by atoms with Crippen LogP contribution in [0.5, 0.6) is 0 Å². The van der Waals surface area contributed by atoms with Gasteiger partial charge in [-0.1, -0.05) is 6.92 Å². The number of anilines is 1. The van der Waals surface area contributed by atoms with Gasteiger partial charge in [0, 0.05) is 76.6 Å². The monoisotopic (exact) mass is 618 g/mol. The molecular formula is C33H39FN6O5. The molecule has 0 bridgehead atoms. The molecule has 11 nitrogen and oxygen atoms in total. The smallest absolute Gasteiger partial charge is 0.332 e. The molecule has 4 heterocycles. The maximum absolute atomic E-state index is 13.6. The van der Waals surface area contributed by atoms with Crippen molar-refractivity contribution >= 4 is 29.2 Å². The molecule has 238 valence electrons. The van der Waals surface area contributed by atoms with Gasteiger partial charge in [-0.25, -0.2) is 19.2 Å². The summed E-state index contributed by atoms with van der Waals surface area (Å²) in [6.45, 7) is 4.84. The van der Waals surface area contributed by atoms with Crippen LogP contribution in [0.2, 0.25) is 0 Å². The lowest BCUT2D eigenvalue weighted by Gasteiger charge is -2.24. The number of ether oxygens (including phenoxy) is 1. The molecule has 3 aromatic rings. The second kappa shape index (κ2) is 14.6. The summed E-state index contributed by atoms with van der Waals surface area (Å²) in [5.74, 6) is 0.147. The van der Waals surface area contributed by atoms with E-state index in [9.17, 15) is 23.6 Å². The molecule has 0 aliphatic carbocycles. The minimum absolute atomic E-state index is 0.120. The van der Waals surface area contributed by atoms with Gasteiger partial charge >= 0.3 is 5.69 Å². The highest BCUT2D eigenvalue weighted by Crippen LogP contribution is 2.26. The first-order valence-electron chi connectivity index (χ1n) is 15.6. The number of aliphatic imine (C=N–C) groups is 1. The van der Waals surface area contributed by atoms with E-state index in [1.807, 2.05) is 6.92 Å². The number of carbonyl (C=O) groups excluding carboxylic acids is 2. The van der Waals surface area contributed by atoms with E-state index in [0.29, 0.717) is 99.1 Å². The van der Waals surface area contributed by atoms with E-state index < -0.39 is 5.82 Å². The number of halogens is 1. The molecule has 0 N–H and O–H groups in total. The second-order valence-electron chi connectivity index (χ2n) is 11.3. The summed E-state index contributed by atoms with van der Waals surface area (Å²) in [5, 5.41) is 0. The molecule has 0 saturated carbocycles. The highest BCUT2D eigenvalue weighted by Gasteiger charge is 2.27. The Bertz CT molecular complexity index is 1680. The predicted octanol–water partition coefficient (Wildman–Crippen LogP) is 3.72. The maximum atomic E-state index is 13.6. The number of hydrogen-bond donors (Lipinski definition) is 0. The summed E-state index contributed by atoms with van der Waals surface area (Å²) in [4.78, 5) is 65.0. The lowest BCUT2D eigenvalue weighted by atomic mass is 10.1. The van der Waals surface area contributed by atoms with Crippen molar-refractivity contribution in [1.82, 2.24) is 19.0 Å². The molecule has 12 heteroatoms. The van der Waals surface area contributed by atoms with Gasteiger partial charge in [-0.05, 0) is 68.5 Å². The zero-order valence-electron chi connectivity index (χ0n) is 25.8. The quantitative estimate of drug-likeness (QED) is 0.254. The third-order valence-corrected chi connectivity index (χ3v) is 8.18. The fourth-order valence-electron chi connectivity index (χ4n) is 5.81. The van der Waals surface area contributed by atoms with Crippen LogP contribution >= 0.6 is 0 Å². The van der Waals surface area contributed by atoms with E-state index in [-0.39, 0.29) is 29.5 Å². The van der Waals surface area contributed by atoms with Crippen LogP contribution in [0.15, 0.2) is 57.2 Å². The molecular weight excluding hydrogens is 579 g/mol. The van der Waals surface area contributed by atoms with Gasteiger partial charge in [0.15, 0.2) is 0 Å². The average Bonchev–Trinajstić information content (AvgIpc) is 3.68. The molecule has 45 heavy (non-hydrogen) atoms. The molecule has 2 aliphatic rings. The van der Waals surface area contributed by atoms with Crippen molar-refractivity contribution in [1.29, 1.82) is 0 Å². The summed E-state index contributed by atoms with van der Waals surface area (Å²) >= 11 is 0. The number of benzene rings is 1. The summed E-state index contributed by atoms with van der Waals surface area (Å²) in [6.07, 6.45) is 5.91. The number of aromatic nitrogens is 3. The van der Waals surface area contributed by atoms with Crippen LogP contribution < -0.4 is 16.1 Å². The lowest BCUT2D eigenvalue weighted by Crippen LogP contribution is -2.41. The highest BCUT2D eigenvalue weighted by atomic mass is 19.1. The molecule has 2 amide bonds. The minimum Gasteiger partial charge on any atom is -0.385 e. The third-order valence-electron chi connectivity index (χ3n) is 8.18. The fourth-order valence-corrected chi connectivity index (χ4v) is 5.81. The van der Waals surface area contributed by atoms with E-state index in [0.717, 1.165) is 12.8 Å². The van der Waals surface area contributed by atoms with Crippen LogP contribution in [0.4, 0.5) is 16.0 Å². The Labute approximate surface area is 261 Å². The molecule has 5 rings (SSSR count). The van der Waals surface area contributed by atoms with E-state index >= 15 is 0 Å². The molecule has 0 radical (unpaired) electrons. The van der Waals surface area contributed by atoms with Gasteiger partial charge in [0.2, 0.25) is 5.91 Å². The molecule has 1 saturated heterocycles. The molecule has 2 aliphatic heterocycles. The molecule has 1 aromatic carbocycles. The average molecular weight is 619 g/mol. The van der Waals surface area contributed by atoms with Gasteiger partial charge in [-0.2, -0.15) is 0 Å². The first kappa shape index (κ1) is 32.0. The summed E-state index contributed by atoms with van der Waals surface area (Å²) in [7, 11) is 1.62. The molecule has 1 fully saturated rings. The zero-order chi connectivity index (χ0) is 31.9. The standard InChI is InChI=1S/C33H39FN6O5/c1-3-15-39-30-26(32(43)40(33(39)44)18-4-5-20-45-2)21-27(36-30)24-11-14-28(35-22-24)38(19-7-17-37-16-6-8-29(37)41)31(42)23-9-12-25(34)13-10-23/h9-14,22H,3-8,15-21H2,1-2H3. The summed E-state index contributed by atoms with van der Waals surface area (Å²) in [5.41, 5.74) is 1.42. The summed E-state index contributed by atoms with van der Waals surface area (Å²) in [6, 6.07) is 8.88. The Balaban J connectivity index is 1.39. The predicted molar refractivity (Wildman–Crippen MR) is 169 cm³/mol. The van der Waals surface area contributed by atoms with Crippen molar-refractivity contribution in [2.75, 3.05) is 38.3 Å². The SMILES string of the molecule is CCCn1c2c(c(=O)n(CCCCOC)c1=O)CC(c1ccc(N(CCCN3CCCC3=O)C(=O)c3ccc(F)cc3)nc1)=N2. The maximum Gasteiger partial charge on any atom is 0.332 e. The number of hydrogen-bond acceptors (Lipinski definition) is 7. The van der Waals surface area contributed by atoms with Crippen LogP contribution in [-0.2, 0) is 29.0 Å². The summed E-state index contributed by atoms with van der Waals surface area (Å²) < 4.78 is 21.6. The number of pyridine rings is 1. The van der Waals surface area contributed by atoms with Gasteiger partial charge in [-0.3, -0.25) is 28.4 Å². The van der Waals surface area contributed by atoms with Gasteiger partial charge in [0.25, 0.3) is 11.5 Å². The topological polar surface area (TPSA) is 119 Å². The molecule has 0 atom stereocenters. The molecule has 2 aromatic heterocycles. The Hall–Kier alpha value is -4.45. The van der Waals surface area contributed by atoms with Crippen molar-refractivity contribution in [3.8, 4) is 0 Å². The van der Waals surface area contributed by atoms with Gasteiger partial charge in [0.1, 0.15) is 17.5 Å². The largest absolute Gasteiger partial charge is 0.385 e. The normalized spacial score (nSPS) is 14.2. The fraction of sp³-hybridized carbons (Fsp3) is 0.455. The second-order valence-corrected chi connectivity index (χ2v) is 11.3. The van der Waals surface area contributed by atoms with Crippen molar-refractivity contribution in [2.24, 2.45) is 4.99 Å². The van der Waals surface area contributed by atoms with Crippen molar-refractivity contribution < 1.29 is 18.7 Å². The zero-order valence-corrected chi connectivity index (χ0v) is 25.8. The Morgan fingerprint density at radius 1 is 1.00 bits per heavy atom. The highest BCUT2D eigenvalue weighted by molar-refractivity contribution is 6.07. The number of fused-ring (bicyclic) bond motifs is 1. The van der Waals surface area contributed by atoms with Gasteiger partial charge in [-0.15, -0.1) is 0 Å². The van der Waals surface area contributed by atoms with E-state index in [2.05, 4.69) is 4.98 Å². The van der Waals surface area contributed by atoms with Crippen LogP contribution in [0.3, 0.4) is 0 Å². The number of rotatable bonds is 14. The number of nitrogens with zero attached hydrogens (tertiary/aromatic N) is 6. The van der Waals surface area contributed by atoms with Crippen LogP contribution in [0.1, 0.15) is 66.9 Å². The van der Waals surface area contributed by atoms with Gasteiger partial charge in [0.05, 0.1) is 11.3 Å². The van der Waals surface area contributed by atoms with Crippen molar-refractivity contribution in [3.05, 3.63) is 85.9 Å². The first-order valence-corrected chi connectivity index (χ1v) is 15.6. The Morgan fingerprint density at radius 3 is 2.47 bits per heavy atom. The van der Waals surface area contributed by atoms with E-state index in [4.69, 9.17) is 9.73 Å². The van der Waals surface area contributed by atoms with Crippen molar-refractivity contribution in [3.63, 3.8) is 0 Å². The van der Waals surface area contributed by atoms with Crippen LogP contribution in [0, 0.1) is 5.82 Å². The van der Waals surface area contributed by atoms with E-state index in [1.165, 1.54) is 33.7 Å². The van der Waals surface area contributed by atoms with Crippen LogP contribution in [0.25, 0.3) is 0 Å².